The zero-order chi connectivity index (χ0) is 16.3. The third-order valence-electron chi connectivity index (χ3n) is 5.07. The molecule has 2 fully saturated rings. The Morgan fingerprint density at radius 1 is 1.18 bits per heavy atom. The van der Waals surface area contributed by atoms with Crippen molar-refractivity contribution < 1.29 is 19.5 Å². The third kappa shape index (κ3) is 3.25. The summed E-state index contributed by atoms with van der Waals surface area (Å²) in [5.74, 6) is -1.08. The number of carbonyl (C=O) groups excluding carboxylic acids is 2. The van der Waals surface area contributed by atoms with E-state index in [1.807, 2.05) is 18.7 Å². The van der Waals surface area contributed by atoms with Gasteiger partial charge in [-0.1, -0.05) is 13.8 Å². The smallest absolute Gasteiger partial charge is 0.319 e. The Morgan fingerprint density at radius 3 is 2.14 bits per heavy atom. The maximum atomic E-state index is 12.3. The molecule has 0 radical (unpaired) electrons. The Morgan fingerprint density at radius 2 is 1.73 bits per heavy atom. The van der Waals surface area contributed by atoms with E-state index in [4.69, 9.17) is 5.11 Å². The van der Waals surface area contributed by atoms with Crippen molar-refractivity contribution in [2.45, 2.75) is 58.4 Å². The van der Waals surface area contributed by atoms with Crippen molar-refractivity contribution in [3.8, 4) is 0 Å². The van der Waals surface area contributed by atoms with Crippen LogP contribution in [0, 0.1) is 11.3 Å². The average molecular weight is 310 g/mol. The fourth-order valence-corrected chi connectivity index (χ4v) is 3.13. The molecule has 2 aliphatic rings. The van der Waals surface area contributed by atoms with Gasteiger partial charge >= 0.3 is 5.97 Å². The van der Waals surface area contributed by atoms with E-state index >= 15 is 0 Å². The lowest BCUT2D eigenvalue weighted by Crippen LogP contribution is -2.50. The van der Waals surface area contributed by atoms with Crippen molar-refractivity contribution in [3.05, 3.63) is 0 Å². The molecule has 2 rings (SSSR count). The third-order valence-corrected chi connectivity index (χ3v) is 5.07. The number of carboxylic acid groups (broad SMARTS) is 1. The van der Waals surface area contributed by atoms with Crippen molar-refractivity contribution in [3.63, 3.8) is 0 Å². The SMILES string of the molecule is CCC(CC)C(=O)N1CCC(NC(=O)C2(C(=O)O)CC2)CC1. The Bertz CT molecular complexity index is 447. The molecule has 0 spiro atoms. The number of hydrogen-bond acceptors (Lipinski definition) is 3. The second kappa shape index (κ2) is 6.67. The second-order valence-corrected chi connectivity index (χ2v) is 6.47. The van der Waals surface area contributed by atoms with Crippen LogP contribution in [0.5, 0.6) is 0 Å². The van der Waals surface area contributed by atoms with Gasteiger partial charge in [-0.15, -0.1) is 0 Å². The molecule has 1 saturated heterocycles. The number of carbonyl (C=O) groups is 3. The Labute approximate surface area is 131 Å². The van der Waals surface area contributed by atoms with E-state index in [0.29, 0.717) is 38.8 Å². The predicted molar refractivity (Wildman–Crippen MR) is 81.1 cm³/mol. The maximum Gasteiger partial charge on any atom is 0.319 e. The summed E-state index contributed by atoms with van der Waals surface area (Å²) in [5.41, 5.74) is -1.18. The Kier molecular flexibility index (Phi) is 5.08. The molecule has 1 aliphatic carbocycles. The van der Waals surface area contributed by atoms with Gasteiger partial charge in [0.2, 0.25) is 11.8 Å². The van der Waals surface area contributed by atoms with Crippen LogP contribution in [0.25, 0.3) is 0 Å². The number of nitrogens with one attached hydrogen (secondary N) is 1. The Hall–Kier alpha value is -1.59. The number of piperidine rings is 1. The summed E-state index contributed by atoms with van der Waals surface area (Å²) in [4.78, 5) is 37.4. The molecule has 0 aromatic rings. The summed E-state index contributed by atoms with van der Waals surface area (Å²) in [6, 6.07) is -0.0184. The van der Waals surface area contributed by atoms with Crippen molar-refractivity contribution >= 4 is 17.8 Å². The predicted octanol–water partition coefficient (Wildman–Crippen LogP) is 1.39. The minimum Gasteiger partial charge on any atom is -0.480 e. The van der Waals surface area contributed by atoms with Crippen molar-refractivity contribution in [2.75, 3.05) is 13.1 Å². The molecule has 6 nitrogen and oxygen atoms in total. The van der Waals surface area contributed by atoms with E-state index in [2.05, 4.69) is 5.32 Å². The van der Waals surface area contributed by atoms with Gasteiger partial charge in [0.1, 0.15) is 5.41 Å². The standard InChI is InChI=1S/C16H26N2O4/c1-3-11(4-2)13(19)18-9-5-12(6-10-18)17-14(20)16(7-8-16)15(21)22/h11-12H,3-10H2,1-2H3,(H,17,20)(H,21,22). The van der Waals surface area contributed by atoms with E-state index in [0.717, 1.165) is 12.8 Å². The van der Waals surface area contributed by atoms with Crippen LogP contribution in [-0.2, 0) is 14.4 Å². The highest BCUT2D eigenvalue weighted by atomic mass is 16.4. The summed E-state index contributed by atoms with van der Waals surface area (Å²) < 4.78 is 0. The highest BCUT2D eigenvalue weighted by Crippen LogP contribution is 2.46. The molecule has 0 bridgehead atoms. The van der Waals surface area contributed by atoms with Crippen molar-refractivity contribution in [1.29, 1.82) is 0 Å². The molecule has 1 heterocycles. The van der Waals surface area contributed by atoms with E-state index in [-0.39, 0.29) is 23.8 Å². The summed E-state index contributed by atoms with van der Waals surface area (Å²) in [6.07, 6.45) is 3.97. The molecule has 22 heavy (non-hydrogen) atoms. The number of rotatable bonds is 6. The maximum absolute atomic E-state index is 12.3. The summed E-state index contributed by atoms with van der Waals surface area (Å²) in [7, 11) is 0. The number of nitrogens with zero attached hydrogens (tertiary/aromatic N) is 1. The van der Waals surface area contributed by atoms with Gasteiger partial charge in [-0.05, 0) is 38.5 Å². The van der Waals surface area contributed by atoms with Crippen LogP contribution in [-0.4, -0.2) is 46.9 Å². The molecule has 2 N–H and O–H groups in total. The van der Waals surface area contributed by atoms with Gasteiger partial charge in [-0.2, -0.15) is 0 Å². The minimum atomic E-state index is -1.18. The quantitative estimate of drug-likeness (QED) is 0.726. The zero-order valence-electron chi connectivity index (χ0n) is 13.4. The molecule has 1 saturated carbocycles. The fraction of sp³-hybridized carbons (Fsp3) is 0.812. The Balaban J connectivity index is 1.81. The fourth-order valence-electron chi connectivity index (χ4n) is 3.13. The molecular weight excluding hydrogens is 284 g/mol. The first-order chi connectivity index (χ1) is 10.4. The van der Waals surface area contributed by atoms with E-state index < -0.39 is 11.4 Å². The van der Waals surface area contributed by atoms with Crippen molar-refractivity contribution in [2.24, 2.45) is 11.3 Å². The first-order valence-corrected chi connectivity index (χ1v) is 8.27. The summed E-state index contributed by atoms with van der Waals surface area (Å²) in [6.45, 7) is 5.33. The topological polar surface area (TPSA) is 86.7 Å². The highest BCUT2D eigenvalue weighted by molar-refractivity contribution is 6.04. The number of likely N-dealkylation sites (tertiary alicyclic amines) is 1. The molecule has 0 unspecified atom stereocenters. The molecule has 0 aromatic heterocycles. The zero-order valence-corrected chi connectivity index (χ0v) is 13.4. The van der Waals surface area contributed by atoms with E-state index in [9.17, 15) is 14.4 Å². The van der Waals surface area contributed by atoms with Crippen LogP contribution in [0.4, 0.5) is 0 Å². The first-order valence-electron chi connectivity index (χ1n) is 8.27. The molecule has 1 aliphatic heterocycles. The van der Waals surface area contributed by atoms with Gasteiger partial charge in [0.25, 0.3) is 0 Å². The van der Waals surface area contributed by atoms with E-state index in [1.54, 1.807) is 0 Å². The number of amides is 2. The van der Waals surface area contributed by atoms with Crippen LogP contribution in [0.3, 0.4) is 0 Å². The molecule has 2 amide bonds. The van der Waals surface area contributed by atoms with Crippen LogP contribution < -0.4 is 5.32 Å². The number of carboxylic acids is 1. The summed E-state index contributed by atoms with van der Waals surface area (Å²) in [5, 5.41) is 12.0. The molecular formula is C16H26N2O4. The molecule has 0 atom stereocenters. The largest absolute Gasteiger partial charge is 0.480 e. The number of hydrogen-bond donors (Lipinski definition) is 2. The second-order valence-electron chi connectivity index (χ2n) is 6.47. The monoisotopic (exact) mass is 310 g/mol. The lowest BCUT2D eigenvalue weighted by molar-refractivity contribution is -0.149. The van der Waals surface area contributed by atoms with Gasteiger partial charge in [-0.3, -0.25) is 14.4 Å². The van der Waals surface area contributed by atoms with Gasteiger partial charge in [0.05, 0.1) is 0 Å². The average Bonchev–Trinajstić information content (AvgIpc) is 3.31. The van der Waals surface area contributed by atoms with Crippen LogP contribution in [0.15, 0.2) is 0 Å². The van der Waals surface area contributed by atoms with Gasteiger partial charge in [0.15, 0.2) is 0 Å². The van der Waals surface area contributed by atoms with Gasteiger partial charge in [0, 0.05) is 25.0 Å². The molecule has 124 valence electrons. The highest BCUT2D eigenvalue weighted by Gasteiger charge is 2.57. The van der Waals surface area contributed by atoms with Crippen molar-refractivity contribution in [1.82, 2.24) is 10.2 Å². The molecule has 0 aromatic carbocycles. The van der Waals surface area contributed by atoms with E-state index in [1.165, 1.54) is 0 Å². The van der Waals surface area contributed by atoms with Crippen LogP contribution in [0.1, 0.15) is 52.4 Å². The van der Waals surface area contributed by atoms with Crippen LogP contribution >= 0.6 is 0 Å². The number of aliphatic carboxylic acids is 1. The summed E-state index contributed by atoms with van der Waals surface area (Å²) >= 11 is 0. The van der Waals surface area contributed by atoms with Gasteiger partial charge in [-0.25, -0.2) is 0 Å². The normalized spacial score (nSPS) is 20.8. The molecule has 6 heteroatoms. The van der Waals surface area contributed by atoms with Crippen LogP contribution in [0.2, 0.25) is 0 Å². The van der Waals surface area contributed by atoms with Gasteiger partial charge < -0.3 is 15.3 Å². The minimum absolute atomic E-state index is 0.0184. The lowest BCUT2D eigenvalue weighted by Gasteiger charge is -2.34. The first kappa shape index (κ1) is 16.8. The lowest BCUT2D eigenvalue weighted by atomic mass is 9.98.